The highest BCUT2D eigenvalue weighted by Gasteiger charge is 2.18. The number of amides is 1. The van der Waals surface area contributed by atoms with Crippen LogP contribution in [0.2, 0.25) is 0 Å². The molecular formula is C32H33N3O4. The molecule has 1 N–H and O–H groups in total. The maximum atomic E-state index is 13.9. The van der Waals surface area contributed by atoms with Gasteiger partial charge in [-0.2, -0.15) is 0 Å². The molecule has 4 rings (SSSR count). The fourth-order valence-electron chi connectivity index (χ4n) is 4.04. The molecular weight excluding hydrogens is 490 g/mol. The van der Waals surface area contributed by atoms with Crippen molar-refractivity contribution in [3.63, 3.8) is 0 Å². The number of hydrogen-bond acceptors (Lipinski definition) is 5. The topological polar surface area (TPSA) is 92.6 Å². The van der Waals surface area contributed by atoms with Crippen molar-refractivity contribution in [2.45, 2.75) is 38.6 Å². The summed E-state index contributed by atoms with van der Waals surface area (Å²) in [5.41, 5.74) is 3.17. The molecule has 0 radical (unpaired) electrons. The Kier molecular flexibility index (Phi) is 9.17. The molecule has 2 heterocycles. The average molecular weight is 526 g/mol. The van der Waals surface area contributed by atoms with E-state index < -0.39 is 18.4 Å². The number of carbonyl (C=O) groups excluding carboxylic acids is 1. The summed E-state index contributed by atoms with van der Waals surface area (Å²) in [4.78, 5) is 34.4. The van der Waals surface area contributed by atoms with Gasteiger partial charge in [-0.15, -0.1) is 0 Å². The number of unbranched alkanes of at least 4 members (excludes halogenated alkanes) is 2. The number of hydrogen-bond donors (Lipinski definition) is 1. The summed E-state index contributed by atoms with van der Waals surface area (Å²) in [6.07, 6.45) is 7.47. The summed E-state index contributed by atoms with van der Waals surface area (Å²) in [7, 11) is 0. The molecule has 200 valence electrons. The van der Waals surface area contributed by atoms with Crippen LogP contribution in [0.1, 0.15) is 50.0 Å². The van der Waals surface area contributed by atoms with E-state index in [1.807, 2.05) is 42.5 Å². The van der Waals surface area contributed by atoms with Gasteiger partial charge in [0.1, 0.15) is 5.75 Å². The molecule has 0 aliphatic heterocycles. The first-order valence-electron chi connectivity index (χ1n) is 14.0. The Morgan fingerprint density at radius 3 is 2.44 bits per heavy atom. The minimum Gasteiger partial charge on any atom is -0.493 e. The number of para-hydroxylation sites is 1. The predicted molar refractivity (Wildman–Crippen MR) is 150 cm³/mol. The zero-order valence-electron chi connectivity index (χ0n) is 23.7. The minimum absolute atomic E-state index is 0.0940. The van der Waals surface area contributed by atoms with Crippen molar-refractivity contribution >= 4 is 11.9 Å². The molecule has 7 heteroatoms. The van der Waals surface area contributed by atoms with Crippen LogP contribution in [-0.2, 0) is 17.7 Å². The van der Waals surface area contributed by atoms with Crippen LogP contribution in [0.3, 0.4) is 0 Å². The van der Waals surface area contributed by atoms with Gasteiger partial charge in [0.05, 0.1) is 9.35 Å². The molecule has 0 aliphatic carbocycles. The molecule has 2 aromatic carbocycles. The van der Waals surface area contributed by atoms with Crippen molar-refractivity contribution in [3.05, 3.63) is 114 Å². The van der Waals surface area contributed by atoms with Crippen molar-refractivity contribution in [3.8, 4) is 16.9 Å². The van der Waals surface area contributed by atoms with Crippen LogP contribution in [-0.4, -0.2) is 45.0 Å². The Labute approximate surface area is 231 Å². The van der Waals surface area contributed by atoms with Crippen molar-refractivity contribution < 1.29 is 22.2 Å². The van der Waals surface area contributed by atoms with Crippen LogP contribution in [0.5, 0.6) is 5.75 Å². The van der Waals surface area contributed by atoms with Crippen LogP contribution in [0.25, 0.3) is 11.1 Å². The minimum atomic E-state index is -2.20. The van der Waals surface area contributed by atoms with Gasteiger partial charge in [0.15, 0.2) is 0 Å². The van der Waals surface area contributed by atoms with Gasteiger partial charge in [-0.25, -0.2) is 0 Å². The van der Waals surface area contributed by atoms with Crippen molar-refractivity contribution in [2.24, 2.45) is 0 Å². The lowest BCUT2D eigenvalue weighted by molar-refractivity contribution is -0.137. The Hall–Kier alpha value is -4.52. The van der Waals surface area contributed by atoms with E-state index in [1.165, 1.54) is 4.90 Å². The monoisotopic (exact) mass is 525 g/mol. The average Bonchev–Trinajstić information content (AvgIpc) is 3.00. The van der Waals surface area contributed by atoms with Crippen LogP contribution in [0.15, 0.2) is 97.5 Å². The van der Waals surface area contributed by atoms with E-state index in [4.69, 9.17) is 9.84 Å². The first-order chi connectivity index (χ1) is 19.9. The lowest BCUT2D eigenvalue weighted by atomic mass is 10.0. The highest BCUT2D eigenvalue weighted by Crippen LogP contribution is 2.23. The van der Waals surface area contributed by atoms with E-state index in [0.717, 1.165) is 16.8 Å². The summed E-state index contributed by atoms with van der Waals surface area (Å²) < 4.78 is 24.3. The number of nitrogens with zero attached hydrogens (tertiary/aromatic N) is 3. The molecule has 4 aromatic rings. The quantitative estimate of drug-likeness (QED) is 0.201. The van der Waals surface area contributed by atoms with Gasteiger partial charge in [0.2, 0.25) is 0 Å². The third kappa shape index (κ3) is 8.50. The number of ether oxygens (including phenoxy) is 1. The van der Waals surface area contributed by atoms with E-state index in [2.05, 4.69) is 9.97 Å². The fraction of sp³-hybridized carbons (Fsp3) is 0.250. The largest absolute Gasteiger partial charge is 0.493 e. The zero-order chi connectivity index (χ0) is 29.1. The normalized spacial score (nSPS) is 11.8. The maximum absolute atomic E-state index is 13.9. The molecule has 7 nitrogen and oxygen atoms in total. The number of aromatic nitrogens is 2. The van der Waals surface area contributed by atoms with Crippen molar-refractivity contribution in [1.29, 1.82) is 0 Å². The molecule has 0 saturated carbocycles. The molecule has 0 atom stereocenters. The van der Waals surface area contributed by atoms with E-state index in [-0.39, 0.29) is 18.5 Å². The molecule has 0 bridgehead atoms. The van der Waals surface area contributed by atoms with Gasteiger partial charge in [-0.1, -0.05) is 42.5 Å². The van der Waals surface area contributed by atoms with Crippen LogP contribution in [0, 0.1) is 0 Å². The number of benzene rings is 2. The molecule has 39 heavy (non-hydrogen) atoms. The van der Waals surface area contributed by atoms with E-state index in [0.29, 0.717) is 43.6 Å². The van der Waals surface area contributed by atoms with Gasteiger partial charge < -0.3 is 14.7 Å². The smallest absolute Gasteiger partial charge is 0.303 e. The Morgan fingerprint density at radius 1 is 0.872 bits per heavy atom. The predicted octanol–water partition coefficient (Wildman–Crippen LogP) is 6.05. The van der Waals surface area contributed by atoms with E-state index in [9.17, 15) is 12.3 Å². The highest BCUT2D eigenvalue weighted by molar-refractivity contribution is 5.94. The van der Waals surface area contributed by atoms with Gasteiger partial charge in [0, 0.05) is 61.3 Å². The summed E-state index contributed by atoms with van der Waals surface area (Å²) in [6.45, 7) is -1.80. The number of carbonyl (C=O) groups is 2. The third-order valence-corrected chi connectivity index (χ3v) is 6.12. The summed E-state index contributed by atoms with van der Waals surface area (Å²) in [6, 6.07) is 23.2. The number of aliphatic carboxylic acids is 1. The SMILES string of the molecule is [2H]C([2H])(c1ccccc1OCCCCCC(=O)O)N(CCc1ccccn1)C(=O)c1ccc(-c2cccnc2)cc1. The molecule has 0 aliphatic rings. The molecule has 0 saturated heterocycles. The van der Waals surface area contributed by atoms with Crippen molar-refractivity contribution in [2.75, 3.05) is 13.2 Å². The van der Waals surface area contributed by atoms with E-state index >= 15 is 0 Å². The first-order valence-corrected chi connectivity index (χ1v) is 13.0. The van der Waals surface area contributed by atoms with E-state index in [1.54, 1.807) is 55.0 Å². The number of pyridine rings is 2. The third-order valence-electron chi connectivity index (χ3n) is 6.12. The molecule has 0 unspecified atom stereocenters. The molecule has 2 aromatic heterocycles. The lowest BCUT2D eigenvalue weighted by Gasteiger charge is -2.24. The second kappa shape index (κ2) is 14.4. The molecule has 0 spiro atoms. The Bertz CT molecular complexity index is 1420. The fourth-order valence-corrected chi connectivity index (χ4v) is 4.04. The Morgan fingerprint density at radius 2 is 1.69 bits per heavy atom. The van der Waals surface area contributed by atoms with Gasteiger partial charge in [-0.05, 0) is 66.8 Å². The van der Waals surface area contributed by atoms with Crippen LogP contribution < -0.4 is 4.74 Å². The second-order valence-electron chi connectivity index (χ2n) is 9.01. The second-order valence-corrected chi connectivity index (χ2v) is 9.01. The molecule has 1 amide bonds. The van der Waals surface area contributed by atoms with Crippen LogP contribution in [0.4, 0.5) is 0 Å². The first kappa shape index (κ1) is 24.8. The van der Waals surface area contributed by atoms with Gasteiger partial charge in [-0.3, -0.25) is 19.6 Å². The number of carboxylic acids is 1. The highest BCUT2D eigenvalue weighted by atomic mass is 16.5. The number of rotatable bonds is 14. The zero-order valence-corrected chi connectivity index (χ0v) is 21.7. The van der Waals surface area contributed by atoms with Gasteiger partial charge in [0.25, 0.3) is 5.91 Å². The standard InChI is InChI=1S/C32H33N3O4/c36-31(37)13-2-1-7-22-39-30-12-4-3-9-28(30)24-35(21-18-29-11-5-6-20-34-29)32(38)26-16-14-25(15-17-26)27-10-8-19-33-23-27/h3-6,8-12,14-17,19-20,23H,1-2,7,13,18,21-22,24H2,(H,36,37)/i24D2. The number of carboxylic acid groups (broad SMARTS) is 1. The summed E-state index contributed by atoms with van der Waals surface area (Å²) in [5, 5.41) is 8.82. The Balaban J connectivity index is 1.57. The van der Waals surface area contributed by atoms with Crippen molar-refractivity contribution in [1.82, 2.24) is 14.9 Å². The summed E-state index contributed by atoms with van der Waals surface area (Å²) >= 11 is 0. The van der Waals surface area contributed by atoms with Crippen LogP contribution >= 0.6 is 0 Å². The molecule has 0 fully saturated rings. The maximum Gasteiger partial charge on any atom is 0.303 e. The summed E-state index contributed by atoms with van der Waals surface area (Å²) in [5.74, 6) is -0.933. The lowest BCUT2D eigenvalue weighted by Crippen LogP contribution is -2.32. The van der Waals surface area contributed by atoms with Gasteiger partial charge >= 0.3 is 5.97 Å².